The minimum atomic E-state index is -3.53. The van der Waals surface area contributed by atoms with Gasteiger partial charge in [-0.25, -0.2) is 12.7 Å². The lowest BCUT2D eigenvalue weighted by atomic mass is 10.0. The van der Waals surface area contributed by atoms with Crippen LogP contribution in [0.2, 0.25) is 0 Å². The van der Waals surface area contributed by atoms with Gasteiger partial charge < -0.3 is 5.32 Å². The fourth-order valence-corrected chi connectivity index (χ4v) is 4.55. The molecule has 0 radical (unpaired) electrons. The number of benzene rings is 2. The second kappa shape index (κ2) is 8.43. The maximum absolute atomic E-state index is 12.6. The summed E-state index contributed by atoms with van der Waals surface area (Å²) in [6, 6.07) is 15.0. The zero-order valence-corrected chi connectivity index (χ0v) is 17.4. The Balaban J connectivity index is 1.69. The van der Waals surface area contributed by atoms with Crippen molar-refractivity contribution in [1.29, 1.82) is 0 Å². The molecule has 0 aromatic heterocycles. The van der Waals surface area contributed by atoms with Gasteiger partial charge >= 0.3 is 0 Å². The third kappa shape index (κ3) is 4.60. The third-order valence-electron chi connectivity index (χ3n) is 5.03. The molecule has 1 saturated heterocycles. The molecular formula is C21H27N3O3S. The van der Waals surface area contributed by atoms with E-state index in [2.05, 4.69) is 41.4 Å². The van der Waals surface area contributed by atoms with Crippen molar-refractivity contribution in [2.45, 2.75) is 30.7 Å². The second-order valence-electron chi connectivity index (χ2n) is 7.41. The summed E-state index contributed by atoms with van der Waals surface area (Å²) >= 11 is 0. The minimum absolute atomic E-state index is 0.140. The number of carbonyl (C=O) groups is 1. The molecule has 150 valence electrons. The van der Waals surface area contributed by atoms with Gasteiger partial charge in [0.1, 0.15) is 0 Å². The molecule has 1 unspecified atom stereocenters. The molecule has 28 heavy (non-hydrogen) atoms. The van der Waals surface area contributed by atoms with Crippen molar-refractivity contribution in [1.82, 2.24) is 9.21 Å². The van der Waals surface area contributed by atoms with Gasteiger partial charge in [0, 0.05) is 25.8 Å². The maximum Gasteiger partial charge on any atom is 0.242 e. The maximum atomic E-state index is 12.6. The molecule has 2 aromatic carbocycles. The molecule has 0 aliphatic carbocycles. The van der Waals surface area contributed by atoms with E-state index in [4.69, 9.17) is 0 Å². The molecule has 1 atom stereocenters. The lowest BCUT2D eigenvalue weighted by molar-refractivity contribution is -0.117. The molecule has 7 heteroatoms. The molecular weight excluding hydrogens is 374 g/mol. The summed E-state index contributed by atoms with van der Waals surface area (Å²) in [6.07, 6.45) is 2.09. The average molecular weight is 402 g/mol. The van der Waals surface area contributed by atoms with Gasteiger partial charge in [-0.1, -0.05) is 35.9 Å². The van der Waals surface area contributed by atoms with Crippen LogP contribution in [0.1, 0.15) is 30.0 Å². The molecule has 0 bridgehead atoms. The zero-order valence-electron chi connectivity index (χ0n) is 16.6. The molecule has 1 heterocycles. The first-order chi connectivity index (χ1) is 13.3. The highest BCUT2D eigenvalue weighted by Crippen LogP contribution is 2.32. The Kier molecular flexibility index (Phi) is 6.17. The van der Waals surface area contributed by atoms with Gasteiger partial charge in [0.25, 0.3) is 0 Å². The highest BCUT2D eigenvalue weighted by atomic mass is 32.2. The monoisotopic (exact) mass is 401 g/mol. The van der Waals surface area contributed by atoms with E-state index in [1.807, 2.05) is 0 Å². The van der Waals surface area contributed by atoms with Crippen LogP contribution >= 0.6 is 0 Å². The Hall–Kier alpha value is -2.22. The first kappa shape index (κ1) is 20.5. The van der Waals surface area contributed by atoms with E-state index in [-0.39, 0.29) is 23.4 Å². The van der Waals surface area contributed by atoms with Crippen molar-refractivity contribution in [3.8, 4) is 0 Å². The van der Waals surface area contributed by atoms with E-state index in [1.165, 1.54) is 37.4 Å². The number of aryl methyl sites for hydroxylation is 1. The van der Waals surface area contributed by atoms with Crippen molar-refractivity contribution in [3.63, 3.8) is 0 Å². The van der Waals surface area contributed by atoms with Crippen molar-refractivity contribution < 1.29 is 13.2 Å². The number of nitrogens with zero attached hydrogens (tertiary/aromatic N) is 2. The van der Waals surface area contributed by atoms with Crippen molar-refractivity contribution in [2.24, 2.45) is 0 Å². The van der Waals surface area contributed by atoms with Crippen LogP contribution in [0.5, 0.6) is 0 Å². The second-order valence-corrected chi connectivity index (χ2v) is 9.56. The Bertz CT molecular complexity index is 957. The molecule has 3 rings (SSSR count). The summed E-state index contributed by atoms with van der Waals surface area (Å²) in [6.45, 7) is 3.23. The van der Waals surface area contributed by atoms with Crippen LogP contribution in [0.15, 0.2) is 53.4 Å². The largest absolute Gasteiger partial charge is 0.325 e. The Labute approximate surface area is 167 Å². The van der Waals surface area contributed by atoms with Crippen LogP contribution in [0.4, 0.5) is 5.69 Å². The summed E-state index contributed by atoms with van der Waals surface area (Å²) in [5, 5.41) is 2.84. The van der Waals surface area contributed by atoms with Gasteiger partial charge in [-0.05, 0) is 50.1 Å². The Morgan fingerprint density at radius 2 is 1.93 bits per heavy atom. The van der Waals surface area contributed by atoms with Gasteiger partial charge in [-0.3, -0.25) is 9.69 Å². The van der Waals surface area contributed by atoms with Gasteiger partial charge in [-0.2, -0.15) is 0 Å². The molecule has 1 N–H and O–H groups in total. The number of likely N-dealkylation sites (tertiary alicyclic amines) is 1. The van der Waals surface area contributed by atoms with E-state index in [9.17, 15) is 13.2 Å². The average Bonchev–Trinajstić information content (AvgIpc) is 3.09. The van der Waals surface area contributed by atoms with Crippen LogP contribution in [0.25, 0.3) is 0 Å². The van der Waals surface area contributed by atoms with Crippen molar-refractivity contribution >= 4 is 21.6 Å². The number of hydrogen-bond donors (Lipinski definition) is 1. The predicted octanol–water partition coefficient (Wildman–Crippen LogP) is 3.02. The van der Waals surface area contributed by atoms with Crippen LogP contribution < -0.4 is 5.32 Å². The number of anilines is 1. The number of nitrogens with one attached hydrogen (secondary N) is 1. The molecule has 1 aliphatic rings. The van der Waals surface area contributed by atoms with E-state index in [1.54, 1.807) is 12.1 Å². The first-order valence-electron chi connectivity index (χ1n) is 9.40. The van der Waals surface area contributed by atoms with E-state index >= 15 is 0 Å². The number of rotatable bonds is 6. The Morgan fingerprint density at radius 1 is 1.18 bits per heavy atom. The van der Waals surface area contributed by atoms with Crippen molar-refractivity contribution in [2.75, 3.05) is 32.5 Å². The van der Waals surface area contributed by atoms with Gasteiger partial charge in [0.15, 0.2) is 0 Å². The highest BCUT2D eigenvalue weighted by molar-refractivity contribution is 7.89. The third-order valence-corrected chi connectivity index (χ3v) is 6.84. The van der Waals surface area contributed by atoms with Crippen LogP contribution in [0, 0.1) is 6.92 Å². The summed E-state index contributed by atoms with van der Waals surface area (Å²) in [5.74, 6) is -0.140. The summed E-state index contributed by atoms with van der Waals surface area (Å²) in [4.78, 5) is 14.9. The zero-order chi connectivity index (χ0) is 20.3. The van der Waals surface area contributed by atoms with Crippen LogP contribution in [-0.4, -0.2) is 50.7 Å². The Morgan fingerprint density at radius 3 is 2.64 bits per heavy atom. The lowest BCUT2D eigenvalue weighted by Crippen LogP contribution is -2.33. The van der Waals surface area contributed by atoms with Crippen LogP contribution in [0.3, 0.4) is 0 Å². The molecule has 2 aromatic rings. The smallest absolute Gasteiger partial charge is 0.242 e. The van der Waals surface area contributed by atoms with Crippen molar-refractivity contribution in [3.05, 3.63) is 59.7 Å². The molecule has 1 amide bonds. The molecule has 1 aliphatic heterocycles. The number of sulfonamides is 1. The minimum Gasteiger partial charge on any atom is -0.325 e. The SMILES string of the molecule is Cc1cccc(C2CCCN2CC(=O)Nc2cccc(S(=O)(=O)N(C)C)c2)c1. The normalized spacial score (nSPS) is 17.8. The van der Waals surface area contributed by atoms with Gasteiger partial charge in [0.05, 0.1) is 11.4 Å². The fraction of sp³-hybridized carbons (Fsp3) is 0.381. The lowest BCUT2D eigenvalue weighted by Gasteiger charge is -2.24. The molecule has 0 spiro atoms. The summed E-state index contributed by atoms with van der Waals surface area (Å²) in [5.41, 5.74) is 2.94. The number of carbonyl (C=O) groups excluding carboxylic acids is 1. The van der Waals surface area contributed by atoms with E-state index in [0.29, 0.717) is 5.69 Å². The topological polar surface area (TPSA) is 69.7 Å². The van der Waals surface area contributed by atoms with Crippen LogP contribution in [-0.2, 0) is 14.8 Å². The quantitative estimate of drug-likeness (QED) is 0.808. The molecule has 1 fully saturated rings. The number of amides is 1. The van der Waals surface area contributed by atoms with Gasteiger partial charge in [0.2, 0.25) is 15.9 Å². The van der Waals surface area contributed by atoms with E-state index < -0.39 is 10.0 Å². The van der Waals surface area contributed by atoms with E-state index in [0.717, 1.165) is 23.7 Å². The molecule has 0 saturated carbocycles. The standard InChI is InChI=1S/C21H27N3O3S/c1-16-7-4-8-17(13-16)20-11-6-12-24(20)15-21(25)22-18-9-5-10-19(14-18)28(26,27)23(2)3/h4-5,7-10,13-14,20H,6,11-12,15H2,1-3H3,(H,22,25). The summed E-state index contributed by atoms with van der Waals surface area (Å²) < 4.78 is 25.7. The predicted molar refractivity (Wildman–Crippen MR) is 111 cm³/mol. The molecule has 6 nitrogen and oxygen atoms in total. The fourth-order valence-electron chi connectivity index (χ4n) is 3.60. The first-order valence-corrected chi connectivity index (χ1v) is 10.8. The highest BCUT2D eigenvalue weighted by Gasteiger charge is 2.27. The number of hydrogen-bond acceptors (Lipinski definition) is 4. The summed E-state index contributed by atoms with van der Waals surface area (Å²) in [7, 11) is -0.564. The van der Waals surface area contributed by atoms with Gasteiger partial charge in [-0.15, -0.1) is 0 Å².